The Hall–Kier alpha value is -3.68. The van der Waals surface area contributed by atoms with Crippen LogP contribution in [0, 0.1) is 0 Å². The number of likely N-dealkylation sites (N-methyl/N-ethyl adjacent to an activating group) is 1. The SMILES string of the molecule is CCNC(=O)COc1cccc(NC(=O)c2cc(-c3cccnc3)on2)c1. The number of amides is 2. The molecule has 0 saturated heterocycles. The molecule has 138 valence electrons. The fourth-order valence-corrected chi connectivity index (χ4v) is 2.28. The van der Waals surface area contributed by atoms with Crippen molar-refractivity contribution in [3.63, 3.8) is 0 Å². The van der Waals surface area contributed by atoms with Crippen LogP contribution in [0.4, 0.5) is 5.69 Å². The van der Waals surface area contributed by atoms with Crippen LogP contribution >= 0.6 is 0 Å². The monoisotopic (exact) mass is 366 g/mol. The van der Waals surface area contributed by atoms with Gasteiger partial charge in [-0.15, -0.1) is 0 Å². The van der Waals surface area contributed by atoms with Gasteiger partial charge in [0.15, 0.2) is 18.1 Å². The molecule has 8 nitrogen and oxygen atoms in total. The van der Waals surface area contributed by atoms with Crippen molar-refractivity contribution in [2.45, 2.75) is 6.92 Å². The molecule has 2 N–H and O–H groups in total. The number of carbonyl (C=O) groups is 2. The number of benzene rings is 1. The first-order chi connectivity index (χ1) is 13.2. The molecule has 0 spiro atoms. The largest absolute Gasteiger partial charge is 0.484 e. The highest BCUT2D eigenvalue weighted by Gasteiger charge is 2.14. The van der Waals surface area contributed by atoms with Crippen molar-refractivity contribution in [3.05, 3.63) is 60.6 Å². The van der Waals surface area contributed by atoms with Gasteiger partial charge in [0.2, 0.25) is 0 Å². The van der Waals surface area contributed by atoms with Gasteiger partial charge in [0.1, 0.15) is 5.75 Å². The summed E-state index contributed by atoms with van der Waals surface area (Å²) in [6.45, 7) is 2.28. The van der Waals surface area contributed by atoms with Crippen molar-refractivity contribution in [2.75, 3.05) is 18.5 Å². The Bertz CT molecular complexity index is 924. The Balaban J connectivity index is 1.63. The molecule has 8 heteroatoms. The molecule has 0 aliphatic heterocycles. The second-order valence-corrected chi connectivity index (χ2v) is 5.54. The van der Waals surface area contributed by atoms with Crippen LogP contribution in [0.25, 0.3) is 11.3 Å². The number of carbonyl (C=O) groups excluding carboxylic acids is 2. The van der Waals surface area contributed by atoms with E-state index in [1.54, 1.807) is 48.8 Å². The maximum Gasteiger partial charge on any atom is 0.277 e. The number of nitrogens with zero attached hydrogens (tertiary/aromatic N) is 2. The average Bonchev–Trinajstić information content (AvgIpc) is 3.18. The third-order valence-electron chi connectivity index (χ3n) is 3.52. The summed E-state index contributed by atoms with van der Waals surface area (Å²) in [6, 6.07) is 11.9. The first-order valence-electron chi connectivity index (χ1n) is 8.33. The van der Waals surface area contributed by atoms with Crippen LogP contribution in [-0.2, 0) is 4.79 Å². The van der Waals surface area contributed by atoms with Gasteiger partial charge in [-0.25, -0.2) is 0 Å². The second kappa shape index (κ2) is 8.61. The van der Waals surface area contributed by atoms with E-state index in [1.165, 1.54) is 0 Å². The van der Waals surface area contributed by atoms with E-state index in [0.717, 1.165) is 5.56 Å². The summed E-state index contributed by atoms with van der Waals surface area (Å²) in [5.74, 6) is 0.287. The zero-order chi connectivity index (χ0) is 19.1. The zero-order valence-electron chi connectivity index (χ0n) is 14.6. The molecule has 0 aliphatic rings. The molecule has 3 rings (SSSR count). The fraction of sp³-hybridized carbons (Fsp3) is 0.158. The Kier molecular flexibility index (Phi) is 5.78. The summed E-state index contributed by atoms with van der Waals surface area (Å²) in [4.78, 5) is 27.8. The number of anilines is 1. The van der Waals surface area contributed by atoms with Crippen LogP contribution in [0.1, 0.15) is 17.4 Å². The highest BCUT2D eigenvalue weighted by atomic mass is 16.5. The molecule has 0 unspecified atom stereocenters. The topological polar surface area (TPSA) is 106 Å². The van der Waals surface area contributed by atoms with Crippen molar-refractivity contribution < 1.29 is 18.8 Å². The molecule has 2 heterocycles. The van der Waals surface area contributed by atoms with E-state index in [9.17, 15) is 9.59 Å². The normalized spacial score (nSPS) is 10.3. The lowest BCUT2D eigenvalue weighted by atomic mass is 10.2. The number of nitrogens with one attached hydrogen (secondary N) is 2. The van der Waals surface area contributed by atoms with Crippen molar-refractivity contribution in [2.24, 2.45) is 0 Å². The lowest BCUT2D eigenvalue weighted by Crippen LogP contribution is -2.28. The molecule has 0 saturated carbocycles. The molecule has 0 fully saturated rings. The van der Waals surface area contributed by atoms with Gasteiger partial charge in [-0.1, -0.05) is 11.2 Å². The second-order valence-electron chi connectivity index (χ2n) is 5.54. The molecule has 27 heavy (non-hydrogen) atoms. The number of rotatable bonds is 7. The first kappa shape index (κ1) is 18.1. The van der Waals surface area contributed by atoms with Crippen molar-refractivity contribution in [1.82, 2.24) is 15.5 Å². The number of hydrogen-bond acceptors (Lipinski definition) is 6. The zero-order valence-corrected chi connectivity index (χ0v) is 14.6. The summed E-state index contributed by atoms with van der Waals surface area (Å²) in [5.41, 5.74) is 1.38. The summed E-state index contributed by atoms with van der Waals surface area (Å²) < 4.78 is 10.6. The maximum atomic E-state index is 12.4. The Morgan fingerprint density at radius 1 is 1.19 bits per heavy atom. The predicted octanol–water partition coefficient (Wildman–Crippen LogP) is 2.50. The van der Waals surface area contributed by atoms with E-state index in [-0.39, 0.29) is 18.2 Å². The quantitative estimate of drug-likeness (QED) is 0.665. The molecule has 2 aromatic heterocycles. The van der Waals surface area contributed by atoms with E-state index < -0.39 is 5.91 Å². The minimum absolute atomic E-state index is 0.0942. The highest BCUT2D eigenvalue weighted by Crippen LogP contribution is 2.21. The van der Waals surface area contributed by atoms with Crippen molar-refractivity contribution in [1.29, 1.82) is 0 Å². The molecule has 0 aliphatic carbocycles. The average molecular weight is 366 g/mol. The van der Waals surface area contributed by atoms with E-state index in [0.29, 0.717) is 23.7 Å². The summed E-state index contributed by atoms with van der Waals surface area (Å²) in [6.07, 6.45) is 3.27. The minimum Gasteiger partial charge on any atom is -0.484 e. The Labute approximate surface area is 155 Å². The van der Waals surface area contributed by atoms with Gasteiger partial charge < -0.3 is 19.9 Å². The summed E-state index contributed by atoms with van der Waals surface area (Å²) >= 11 is 0. The lowest BCUT2D eigenvalue weighted by molar-refractivity contribution is -0.122. The third-order valence-corrected chi connectivity index (χ3v) is 3.52. The third kappa shape index (κ3) is 4.91. The van der Waals surface area contributed by atoms with E-state index >= 15 is 0 Å². The molecular formula is C19H18N4O4. The maximum absolute atomic E-state index is 12.4. The predicted molar refractivity (Wildman–Crippen MR) is 98.3 cm³/mol. The smallest absolute Gasteiger partial charge is 0.277 e. The van der Waals surface area contributed by atoms with E-state index in [1.807, 2.05) is 13.0 Å². The molecule has 3 aromatic rings. The highest BCUT2D eigenvalue weighted by molar-refractivity contribution is 6.03. The van der Waals surface area contributed by atoms with Gasteiger partial charge in [0, 0.05) is 42.3 Å². The molecular weight excluding hydrogens is 348 g/mol. The van der Waals surface area contributed by atoms with E-state index in [2.05, 4.69) is 20.8 Å². The van der Waals surface area contributed by atoms with Crippen LogP contribution < -0.4 is 15.4 Å². The molecule has 1 aromatic carbocycles. The Morgan fingerprint density at radius 3 is 2.85 bits per heavy atom. The molecule has 0 bridgehead atoms. The van der Waals surface area contributed by atoms with Gasteiger partial charge in [-0.05, 0) is 31.2 Å². The summed E-state index contributed by atoms with van der Waals surface area (Å²) in [7, 11) is 0. The van der Waals surface area contributed by atoms with Gasteiger partial charge in [-0.2, -0.15) is 0 Å². The number of aromatic nitrogens is 2. The van der Waals surface area contributed by atoms with Gasteiger partial charge in [0.05, 0.1) is 0 Å². The van der Waals surface area contributed by atoms with Gasteiger partial charge >= 0.3 is 0 Å². The summed E-state index contributed by atoms with van der Waals surface area (Å²) in [5, 5.41) is 9.15. The van der Waals surface area contributed by atoms with Gasteiger partial charge in [0.25, 0.3) is 11.8 Å². The molecule has 0 radical (unpaired) electrons. The number of pyridine rings is 1. The minimum atomic E-state index is -0.422. The van der Waals surface area contributed by atoms with Crippen molar-refractivity contribution in [3.8, 4) is 17.1 Å². The van der Waals surface area contributed by atoms with Crippen LogP contribution in [-0.4, -0.2) is 35.1 Å². The lowest BCUT2D eigenvalue weighted by Gasteiger charge is -2.08. The first-order valence-corrected chi connectivity index (χ1v) is 8.33. The molecule has 2 amide bonds. The van der Waals surface area contributed by atoms with Crippen LogP contribution in [0.15, 0.2) is 59.4 Å². The standard InChI is InChI=1S/C19H18N4O4/c1-2-21-18(24)12-26-15-7-3-6-14(9-15)22-19(25)16-10-17(27-23-16)13-5-4-8-20-11-13/h3-11H,2,12H2,1H3,(H,21,24)(H,22,25). The van der Waals surface area contributed by atoms with Crippen LogP contribution in [0.2, 0.25) is 0 Å². The van der Waals surface area contributed by atoms with Gasteiger partial charge in [-0.3, -0.25) is 14.6 Å². The number of ether oxygens (including phenoxy) is 1. The fourth-order valence-electron chi connectivity index (χ4n) is 2.28. The van der Waals surface area contributed by atoms with Crippen LogP contribution in [0.5, 0.6) is 5.75 Å². The van der Waals surface area contributed by atoms with E-state index in [4.69, 9.17) is 9.26 Å². The van der Waals surface area contributed by atoms with Crippen LogP contribution in [0.3, 0.4) is 0 Å². The number of hydrogen-bond donors (Lipinski definition) is 2. The Morgan fingerprint density at radius 2 is 2.07 bits per heavy atom. The molecule has 0 atom stereocenters. The van der Waals surface area contributed by atoms with Crippen molar-refractivity contribution >= 4 is 17.5 Å².